The van der Waals surface area contributed by atoms with Gasteiger partial charge in [0.1, 0.15) is 5.82 Å². The molecule has 1 amide bonds. The van der Waals surface area contributed by atoms with Crippen LogP contribution in [0, 0.1) is 11.7 Å². The molecule has 1 N–H and O–H groups in total. The van der Waals surface area contributed by atoms with Gasteiger partial charge in [0, 0.05) is 13.1 Å². The minimum Gasteiger partial charge on any atom is -0.338 e. The van der Waals surface area contributed by atoms with Crippen molar-refractivity contribution in [3.05, 3.63) is 35.6 Å². The third-order valence-electron chi connectivity index (χ3n) is 3.71. The number of rotatable bonds is 4. The fourth-order valence-corrected chi connectivity index (χ4v) is 2.64. The molecule has 2 rings (SSSR count). The largest absolute Gasteiger partial charge is 0.338 e. The van der Waals surface area contributed by atoms with Crippen LogP contribution < -0.4 is 5.32 Å². The highest BCUT2D eigenvalue weighted by atomic mass is 19.1. The summed E-state index contributed by atoms with van der Waals surface area (Å²) in [5, 5.41) is 3.14. The molecule has 4 heteroatoms. The van der Waals surface area contributed by atoms with E-state index in [1.807, 2.05) is 7.05 Å². The summed E-state index contributed by atoms with van der Waals surface area (Å²) in [5.41, 5.74) is 0.191. The van der Waals surface area contributed by atoms with Crippen molar-refractivity contribution in [2.45, 2.75) is 19.3 Å². The summed E-state index contributed by atoms with van der Waals surface area (Å²) in [5.74, 6) is -0.0750. The third-order valence-corrected chi connectivity index (χ3v) is 3.71. The van der Waals surface area contributed by atoms with Crippen LogP contribution in [0.4, 0.5) is 4.39 Å². The van der Waals surface area contributed by atoms with Gasteiger partial charge in [0.2, 0.25) is 0 Å². The molecule has 0 radical (unpaired) electrons. The molecule has 0 aromatic heterocycles. The highest BCUT2D eigenvalue weighted by Crippen LogP contribution is 2.21. The molecule has 0 saturated carbocycles. The predicted octanol–water partition coefficient (Wildman–Crippen LogP) is 2.29. The van der Waals surface area contributed by atoms with E-state index in [-0.39, 0.29) is 11.5 Å². The number of nitrogens with zero attached hydrogens (tertiary/aromatic N) is 1. The number of carbonyl (C=O) groups excluding carboxylic acids is 1. The van der Waals surface area contributed by atoms with Crippen LogP contribution in [0.3, 0.4) is 0 Å². The first-order chi connectivity index (χ1) is 9.22. The lowest BCUT2D eigenvalue weighted by Gasteiger charge is -2.33. The molecule has 1 aliphatic heterocycles. The van der Waals surface area contributed by atoms with Gasteiger partial charge in [-0.15, -0.1) is 0 Å². The average molecular weight is 264 g/mol. The van der Waals surface area contributed by atoms with E-state index in [1.54, 1.807) is 23.1 Å². The summed E-state index contributed by atoms with van der Waals surface area (Å²) in [4.78, 5) is 14.1. The standard InChI is InChI=1S/C15H21FN2O/c1-17-9-8-12-5-4-10-18(11-12)15(19)13-6-2-3-7-14(13)16/h2-3,6-7,12,17H,4-5,8-11H2,1H3. The summed E-state index contributed by atoms with van der Waals surface area (Å²) in [6.07, 6.45) is 3.23. The Morgan fingerprint density at radius 2 is 2.26 bits per heavy atom. The quantitative estimate of drug-likeness (QED) is 0.905. The van der Waals surface area contributed by atoms with Gasteiger partial charge in [-0.2, -0.15) is 0 Å². The van der Waals surface area contributed by atoms with Gasteiger partial charge >= 0.3 is 0 Å². The molecule has 1 aromatic carbocycles. The Morgan fingerprint density at radius 3 is 3.00 bits per heavy atom. The summed E-state index contributed by atoms with van der Waals surface area (Å²) in [6.45, 7) is 2.45. The van der Waals surface area contributed by atoms with E-state index in [1.165, 1.54) is 6.07 Å². The summed E-state index contributed by atoms with van der Waals surface area (Å²) in [7, 11) is 1.94. The molecule has 1 aliphatic rings. The minimum absolute atomic E-state index is 0.174. The van der Waals surface area contributed by atoms with Crippen molar-refractivity contribution >= 4 is 5.91 Å². The lowest BCUT2D eigenvalue weighted by molar-refractivity contribution is 0.0664. The molecule has 0 aliphatic carbocycles. The van der Waals surface area contributed by atoms with Crippen molar-refractivity contribution in [1.82, 2.24) is 10.2 Å². The first-order valence-corrected chi connectivity index (χ1v) is 6.90. The van der Waals surface area contributed by atoms with Crippen LogP contribution >= 0.6 is 0 Å². The molecule has 19 heavy (non-hydrogen) atoms. The second-order valence-electron chi connectivity index (χ2n) is 5.13. The molecule has 1 aromatic rings. The first kappa shape index (κ1) is 14.0. The van der Waals surface area contributed by atoms with E-state index in [0.29, 0.717) is 5.92 Å². The van der Waals surface area contributed by atoms with Crippen molar-refractivity contribution in [3.63, 3.8) is 0 Å². The SMILES string of the molecule is CNCCC1CCCN(C(=O)c2ccccc2F)C1. The van der Waals surface area contributed by atoms with Gasteiger partial charge in [0.15, 0.2) is 0 Å². The van der Waals surface area contributed by atoms with Crippen LogP contribution in [0.5, 0.6) is 0 Å². The third kappa shape index (κ3) is 3.53. The van der Waals surface area contributed by atoms with Gasteiger partial charge < -0.3 is 10.2 Å². The molecular formula is C15H21FN2O. The Bertz CT molecular complexity index is 436. The molecule has 0 spiro atoms. The Kier molecular flexibility index (Phi) is 4.91. The lowest BCUT2D eigenvalue weighted by atomic mass is 9.94. The molecule has 104 valence electrons. The highest BCUT2D eigenvalue weighted by Gasteiger charge is 2.25. The van der Waals surface area contributed by atoms with E-state index in [2.05, 4.69) is 5.32 Å². The maximum atomic E-state index is 13.6. The van der Waals surface area contributed by atoms with Gasteiger partial charge in [-0.05, 0) is 50.9 Å². The van der Waals surface area contributed by atoms with Crippen LogP contribution in [0.2, 0.25) is 0 Å². The maximum absolute atomic E-state index is 13.6. The zero-order valence-electron chi connectivity index (χ0n) is 11.4. The zero-order chi connectivity index (χ0) is 13.7. The zero-order valence-corrected chi connectivity index (χ0v) is 11.4. The fraction of sp³-hybridized carbons (Fsp3) is 0.533. The van der Waals surface area contributed by atoms with Gasteiger partial charge in [-0.1, -0.05) is 12.1 Å². The molecule has 1 fully saturated rings. The highest BCUT2D eigenvalue weighted by molar-refractivity contribution is 5.94. The number of hydrogen-bond donors (Lipinski definition) is 1. The number of hydrogen-bond acceptors (Lipinski definition) is 2. The Hall–Kier alpha value is -1.42. The summed E-state index contributed by atoms with van der Waals surface area (Å²) >= 11 is 0. The first-order valence-electron chi connectivity index (χ1n) is 6.90. The molecule has 1 heterocycles. The Labute approximate surface area is 113 Å². The molecule has 0 bridgehead atoms. The van der Waals surface area contributed by atoms with Crippen LogP contribution in [0.25, 0.3) is 0 Å². The second kappa shape index (κ2) is 6.66. The van der Waals surface area contributed by atoms with Crippen LogP contribution in [0.1, 0.15) is 29.6 Å². The van der Waals surface area contributed by atoms with Gasteiger partial charge in [-0.3, -0.25) is 4.79 Å². The minimum atomic E-state index is -0.426. The van der Waals surface area contributed by atoms with Crippen molar-refractivity contribution in [3.8, 4) is 0 Å². The van der Waals surface area contributed by atoms with Crippen molar-refractivity contribution in [2.24, 2.45) is 5.92 Å². The number of halogens is 1. The predicted molar refractivity (Wildman–Crippen MR) is 73.6 cm³/mol. The molecule has 1 atom stereocenters. The number of likely N-dealkylation sites (tertiary alicyclic amines) is 1. The number of piperidine rings is 1. The monoisotopic (exact) mass is 264 g/mol. The van der Waals surface area contributed by atoms with E-state index >= 15 is 0 Å². The Morgan fingerprint density at radius 1 is 1.47 bits per heavy atom. The number of amides is 1. The molecule has 3 nitrogen and oxygen atoms in total. The second-order valence-corrected chi connectivity index (χ2v) is 5.13. The smallest absolute Gasteiger partial charge is 0.256 e. The summed E-state index contributed by atoms with van der Waals surface area (Å²) < 4.78 is 13.6. The van der Waals surface area contributed by atoms with Gasteiger partial charge in [-0.25, -0.2) is 4.39 Å². The van der Waals surface area contributed by atoms with E-state index < -0.39 is 5.82 Å². The average Bonchev–Trinajstić information content (AvgIpc) is 2.45. The number of benzene rings is 1. The van der Waals surface area contributed by atoms with Gasteiger partial charge in [0.05, 0.1) is 5.56 Å². The van der Waals surface area contributed by atoms with Crippen molar-refractivity contribution in [2.75, 3.05) is 26.7 Å². The van der Waals surface area contributed by atoms with E-state index in [9.17, 15) is 9.18 Å². The molecular weight excluding hydrogens is 243 g/mol. The summed E-state index contributed by atoms with van der Waals surface area (Å²) in [6, 6.07) is 6.22. The normalized spacial score (nSPS) is 19.5. The van der Waals surface area contributed by atoms with Crippen LogP contribution in [-0.4, -0.2) is 37.5 Å². The molecule has 1 saturated heterocycles. The number of carbonyl (C=O) groups is 1. The Balaban J connectivity index is 2.01. The van der Waals surface area contributed by atoms with Gasteiger partial charge in [0.25, 0.3) is 5.91 Å². The van der Waals surface area contributed by atoms with Crippen molar-refractivity contribution < 1.29 is 9.18 Å². The van der Waals surface area contributed by atoms with Crippen LogP contribution in [0.15, 0.2) is 24.3 Å². The maximum Gasteiger partial charge on any atom is 0.256 e. The topological polar surface area (TPSA) is 32.3 Å². The van der Waals surface area contributed by atoms with Crippen LogP contribution in [-0.2, 0) is 0 Å². The van der Waals surface area contributed by atoms with Crippen molar-refractivity contribution in [1.29, 1.82) is 0 Å². The fourth-order valence-electron chi connectivity index (χ4n) is 2.64. The molecule has 1 unspecified atom stereocenters. The van der Waals surface area contributed by atoms with E-state index in [4.69, 9.17) is 0 Å². The number of nitrogens with one attached hydrogen (secondary N) is 1. The van der Waals surface area contributed by atoms with E-state index in [0.717, 1.165) is 38.9 Å². The lowest BCUT2D eigenvalue weighted by Crippen LogP contribution is -2.40.